The topological polar surface area (TPSA) is 29.5 Å². The van der Waals surface area contributed by atoms with Gasteiger partial charge in [0.1, 0.15) is 11.9 Å². The molecular weight excluding hydrogens is 245 g/mol. The van der Waals surface area contributed by atoms with E-state index < -0.39 is 0 Å². The number of hydrogen-bond donors (Lipinski definition) is 0. The van der Waals surface area contributed by atoms with Gasteiger partial charge in [-0.3, -0.25) is 9.69 Å². The summed E-state index contributed by atoms with van der Waals surface area (Å²) in [5.41, 5.74) is 1.69. The second-order valence-corrected chi connectivity index (χ2v) is 4.97. The maximum absolute atomic E-state index is 13.0. The highest BCUT2D eigenvalue weighted by Crippen LogP contribution is 2.14. The molecule has 3 nitrogen and oxygen atoms in total. The first-order valence-electron chi connectivity index (χ1n) is 6.72. The molecule has 1 heterocycles. The van der Waals surface area contributed by atoms with Crippen LogP contribution in [0.5, 0.6) is 0 Å². The minimum absolute atomic E-state index is 0.0767. The quantitative estimate of drug-likeness (QED) is 0.833. The predicted octanol–water partition coefficient (Wildman–Crippen LogP) is 1.97. The summed E-state index contributed by atoms with van der Waals surface area (Å²) >= 11 is 0. The molecule has 1 atom stereocenters. The van der Waals surface area contributed by atoms with Gasteiger partial charge in [-0.2, -0.15) is 0 Å². The van der Waals surface area contributed by atoms with Gasteiger partial charge in [-0.25, -0.2) is 4.39 Å². The predicted molar refractivity (Wildman–Crippen MR) is 71.7 cm³/mol. The zero-order valence-corrected chi connectivity index (χ0v) is 11.5. The van der Waals surface area contributed by atoms with Crippen molar-refractivity contribution >= 4 is 5.78 Å². The van der Waals surface area contributed by atoms with Crippen molar-refractivity contribution in [1.82, 2.24) is 4.90 Å². The zero-order valence-electron chi connectivity index (χ0n) is 11.5. The second-order valence-electron chi connectivity index (χ2n) is 4.97. The zero-order chi connectivity index (χ0) is 13.8. The van der Waals surface area contributed by atoms with Crippen LogP contribution in [0.1, 0.15) is 18.1 Å². The molecule has 0 radical (unpaired) electrons. The molecular formula is C15H20FNO2. The Morgan fingerprint density at radius 2 is 2.32 bits per heavy atom. The molecule has 2 rings (SSSR count). The Bertz CT molecular complexity index is 461. The highest BCUT2D eigenvalue weighted by atomic mass is 19.1. The molecule has 1 aliphatic rings. The van der Waals surface area contributed by atoms with E-state index in [0.717, 1.165) is 24.2 Å². The van der Waals surface area contributed by atoms with E-state index in [2.05, 4.69) is 11.8 Å². The third kappa shape index (κ3) is 3.61. The van der Waals surface area contributed by atoms with E-state index in [4.69, 9.17) is 4.74 Å². The van der Waals surface area contributed by atoms with Crippen molar-refractivity contribution in [2.75, 3.05) is 26.2 Å². The normalized spacial score (nSPS) is 20.5. The Balaban J connectivity index is 2.00. The fraction of sp³-hybridized carbons (Fsp3) is 0.533. The fourth-order valence-corrected chi connectivity index (χ4v) is 2.34. The molecule has 1 unspecified atom stereocenters. The van der Waals surface area contributed by atoms with Crippen LogP contribution in [0, 0.1) is 12.7 Å². The summed E-state index contributed by atoms with van der Waals surface area (Å²) in [7, 11) is 0. The molecule has 1 saturated heterocycles. The van der Waals surface area contributed by atoms with E-state index in [1.165, 1.54) is 12.1 Å². The van der Waals surface area contributed by atoms with Crippen molar-refractivity contribution in [3.8, 4) is 0 Å². The van der Waals surface area contributed by atoms with Gasteiger partial charge in [0.15, 0.2) is 5.78 Å². The number of Topliss-reactive ketones (excluding diaryl/α,β-unsaturated/α-hetero) is 1. The third-order valence-corrected chi connectivity index (χ3v) is 3.63. The van der Waals surface area contributed by atoms with Crippen LogP contribution in [0.15, 0.2) is 18.2 Å². The maximum Gasteiger partial charge on any atom is 0.167 e. The van der Waals surface area contributed by atoms with Crippen LogP contribution in [0.25, 0.3) is 0 Å². The van der Waals surface area contributed by atoms with Crippen LogP contribution in [-0.4, -0.2) is 43.0 Å². The summed E-state index contributed by atoms with van der Waals surface area (Å²) < 4.78 is 18.6. The molecule has 19 heavy (non-hydrogen) atoms. The van der Waals surface area contributed by atoms with Crippen LogP contribution in [0.4, 0.5) is 4.39 Å². The molecule has 1 aromatic carbocycles. The number of hydrogen-bond acceptors (Lipinski definition) is 3. The molecule has 1 aliphatic heterocycles. The number of benzene rings is 1. The number of nitrogens with zero attached hydrogens (tertiary/aromatic N) is 1. The van der Waals surface area contributed by atoms with Crippen LogP contribution < -0.4 is 0 Å². The van der Waals surface area contributed by atoms with Crippen LogP contribution in [-0.2, 0) is 16.0 Å². The van der Waals surface area contributed by atoms with Crippen molar-refractivity contribution in [3.63, 3.8) is 0 Å². The van der Waals surface area contributed by atoms with Gasteiger partial charge in [0, 0.05) is 19.5 Å². The van der Waals surface area contributed by atoms with E-state index in [-0.39, 0.29) is 17.7 Å². The van der Waals surface area contributed by atoms with Gasteiger partial charge in [0.2, 0.25) is 0 Å². The number of ketones is 1. The van der Waals surface area contributed by atoms with Crippen LogP contribution in [0.2, 0.25) is 0 Å². The molecule has 0 saturated carbocycles. The summed E-state index contributed by atoms with van der Waals surface area (Å²) in [5, 5.41) is 0. The van der Waals surface area contributed by atoms with Crippen LogP contribution in [0.3, 0.4) is 0 Å². The molecule has 0 aliphatic carbocycles. The van der Waals surface area contributed by atoms with Crippen molar-refractivity contribution in [1.29, 1.82) is 0 Å². The number of aryl methyl sites for hydroxylation is 1. The number of morpholine rings is 1. The number of likely N-dealkylation sites (N-methyl/N-ethyl adjacent to an activating group) is 1. The Hall–Kier alpha value is -1.26. The minimum atomic E-state index is -0.349. The molecule has 0 N–H and O–H groups in total. The third-order valence-electron chi connectivity index (χ3n) is 3.63. The first-order valence-corrected chi connectivity index (χ1v) is 6.72. The van der Waals surface area contributed by atoms with Crippen molar-refractivity contribution in [2.45, 2.75) is 26.4 Å². The molecule has 0 spiro atoms. The Morgan fingerprint density at radius 1 is 1.53 bits per heavy atom. The van der Waals surface area contributed by atoms with Gasteiger partial charge in [0.25, 0.3) is 0 Å². The summed E-state index contributed by atoms with van der Waals surface area (Å²) in [4.78, 5) is 14.4. The average Bonchev–Trinajstić information content (AvgIpc) is 2.42. The molecule has 0 amide bonds. The lowest BCUT2D eigenvalue weighted by atomic mass is 10.00. The van der Waals surface area contributed by atoms with E-state index in [9.17, 15) is 9.18 Å². The molecule has 104 valence electrons. The Labute approximate surface area is 113 Å². The van der Waals surface area contributed by atoms with Crippen molar-refractivity contribution in [2.24, 2.45) is 0 Å². The van der Waals surface area contributed by atoms with E-state index in [0.29, 0.717) is 19.6 Å². The van der Waals surface area contributed by atoms with E-state index in [1.54, 1.807) is 6.07 Å². The number of halogens is 1. The first-order chi connectivity index (χ1) is 9.10. The number of carbonyl (C=O) groups is 1. The number of carbonyl (C=O) groups excluding carboxylic acids is 1. The Morgan fingerprint density at radius 3 is 3.00 bits per heavy atom. The summed E-state index contributed by atoms with van der Waals surface area (Å²) in [6.45, 7) is 6.99. The van der Waals surface area contributed by atoms with Crippen molar-refractivity contribution in [3.05, 3.63) is 35.1 Å². The summed E-state index contributed by atoms with van der Waals surface area (Å²) in [5.74, 6) is -0.187. The molecule has 1 aromatic rings. The molecule has 0 aromatic heterocycles. The summed E-state index contributed by atoms with van der Waals surface area (Å²) in [6.07, 6.45) is -0.0351. The van der Waals surface area contributed by atoms with Gasteiger partial charge in [-0.15, -0.1) is 0 Å². The smallest absolute Gasteiger partial charge is 0.167 e. The van der Waals surface area contributed by atoms with Gasteiger partial charge in [-0.05, 0) is 36.7 Å². The molecule has 4 heteroatoms. The molecule has 1 fully saturated rings. The average molecular weight is 265 g/mol. The highest BCUT2D eigenvalue weighted by Gasteiger charge is 2.25. The standard InChI is InChI=1S/C15H20FNO2/c1-3-17-6-7-19-15(10-17)14(18)9-12-4-5-13(16)8-11(12)2/h4-5,8,15H,3,6-7,9-10H2,1-2H3. The SMILES string of the molecule is CCN1CCOC(C(=O)Cc2ccc(F)cc2C)C1. The summed E-state index contributed by atoms with van der Waals surface area (Å²) in [6, 6.07) is 4.54. The van der Waals surface area contributed by atoms with Gasteiger partial charge < -0.3 is 4.74 Å². The minimum Gasteiger partial charge on any atom is -0.368 e. The largest absolute Gasteiger partial charge is 0.368 e. The second kappa shape index (κ2) is 6.26. The number of rotatable bonds is 4. The van der Waals surface area contributed by atoms with E-state index >= 15 is 0 Å². The van der Waals surface area contributed by atoms with Crippen LogP contribution >= 0.6 is 0 Å². The lowest BCUT2D eigenvalue weighted by Gasteiger charge is -2.31. The van der Waals surface area contributed by atoms with E-state index in [1.807, 2.05) is 6.92 Å². The first kappa shape index (κ1) is 14.2. The fourth-order valence-electron chi connectivity index (χ4n) is 2.34. The van der Waals surface area contributed by atoms with Gasteiger partial charge in [0.05, 0.1) is 6.61 Å². The maximum atomic E-state index is 13.0. The monoisotopic (exact) mass is 265 g/mol. The lowest BCUT2D eigenvalue weighted by molar-refractivity contribution is -0.135. The van der Waals surface area contributed by atoms with Crippen molar-refractivity contribution < 1.29 is 13.9 Å². The molecule has 0 bridgehead atoms. The van der Waals surface area contributed by atoms with Gasteiger partial charge >= 0.3 is 0 Å². The van der Waals surface area contributed by atoms with Gasteiger partial charge in [-0.1, -0.05) is 13.0 Å². The number of ether oxygens (including phenoxy) is 1. The highest BCUT2D eigenvalue weighted by molar-refractivity contribution is 5.85. The lowest BCUT2D eigenvalue weighted by Crippen LogP contribution is -2.46. The Kier molecular flexibility index (Phi) is 4.66.